The van der Waals surface area contributed by atoms with Crippen LogP contribution in [-0.2, 0) is 17.9 Å². The molecule has 0 unspecified atom stereocenters. The third-order valence-electron chi connectivity index (χ3n) is 6.04. The maximum absolute atomic E-state index is 14.0. The van der Waals surface area contributed by atoms with Crippen LogP contribution in [0.3, 0.4) is 0 Å². The molecule has 0 bridgehead atoms. The van der Waals surface area contributed by atoms with Gasteiger partial charge in [-0.2, -0.15) is 4.98 Å². The highest BCUT2D eigenvalue weighted by Gasteiger charge is 2.20. The van der Waals surface area contributed by atoms with Crippen molar-refractivity contribution in [3.05, 3.63) is 81.7 Å². The number of hydrogen-bond acceptors (Lipinski definition) is 6. The molecule has 3 heterocycles. The SMILES string of the molecule is Cc1ccc2c(c1)c1ncn(Cc3nc(C(C)C)no3)c(=O)c1n2CC(=O)Nc1ccc(C)c(F)c1. The van der Waals surface area contributed by atoms with Crippen LogP contribution in [0.4, 0.5) is 10.1 Å². The lowest BCUT2D eigenvalue weighted by atomic mass is 10.1. The van der Waals surface area contributed by atoms with Gasteiger partial charge in [0.25, 0.3) is 5.56 Å². The lowest BCUT2D eigenvalue weighted by molar-refractivity contribution is -0.116. The van der Waals surface area contributed by atoms with Crippen LogP contribution in [0.5, 0.6) is 0 Å². The normalized spacial score (nSPS) is 11.6. The van der Waals surface area contributed by atoms with E-state index in [-0.39, 0.29) is 30.1 Å². The fraction of sp³-hybridized carbons (Fsp3) is 0.269. The molecule has 0 radical (unpaired) electrons. The third kappa shape index (κ3) is 4.26. The lowest BCUT2D eigenvalue weighted by Gasteiger charge is -2.10. The van der Waals surface area contributed by atoms with Crippen LogP contribution in [0.15, 0.2) is 52.0 Å². The molecule has 0 saturated heterocycles. The molecule has 0 saturated carbocycles. The Morgan fingerprint density at radius 2 is 1.97 bits per heavy atom. The Morgan fingerprint density at radius 3 is 2.69 bits per heavy atom. The van der Waals surface area contributed by atoms with Crippen molar-refractivity contribution in [3.8, 4) is 0 Å². The fourth-order valence-electron chi connectivity index (χ4n) is 4.12. The van der Waals surface area contributed by atoms with Crippen molar-refractivity contribution in [2.75, 3.05) is 5.32 Å². The van der Waals surface area contributed by atoms with Crippen molar-refractivity contribution in [1.82, 2.24) is 24.3 Å². The maximum Gasteiger partial charge on any atom is 0.278 e. The van der Waals surface area contributed by atoms with E-state index in [1.165, 1.54) is 17.0 Å². The Kier molecular flexibility index (Phi) is 5.87. The zero-order chi connectivity index (χ0) is 25.6. The van der Waals surface area contributed by atoms with E-state index >= 15 is 0 Å². The van der Waals surface area contributed by atoms with Gasteiger partial charge in [-0.05, 0) is 43.7 Å². The Morgan fingerprint density at radius 1 is 1.17 bits per heavy atom. The Bertz CT molecular complexity index is 1680. The highest BCUT2D eigenvalue weighted by Crippen LogP contribution is 2.27. The van der Waals surface area contributed by atoms with Gasteiger partial charge >= 0.3 is 0 Å². The van der Waals surface area contributed by atoms with Gasteiger partial charge in [0.1, 0.15) is 29.9 Å². The molecule has 0 aliphatic rings. The number of aromatic nitrogens is 5. The molecule has 9 nitrogen and oxygen atoms in total. The summed E-state index contributed by atoms with van der Waals surface area (Å²) in [6.45, 7) is 7.39. The molecule has 0 aliphatic carbocycles. The van der Waals surface area contributed by atoms with Gasteiger partial charge in [0.2, 0.25) is 11.8 Å². The first-order valence-corrected chi connectivity index (χ1v) is 11.6. The Hall–Kier alpha value is -4.34. The number of aryl methyl sites for hydroxylation is 2. The van der Waals surface area contributed by atoms with Crippen LogP contribution in [0.2, 0.25) is 0 Å². The molecule has 2 aromatic carbocycles. The van der Waals surface area contributed by atoms with Gasteiger partial charge in [-0.25, -0.2) is 9.37 Å². The third-order valence-corrected chi connectivity index (χ3v) is 6.04. The summed E-state index contributed by atoms with van der Waals surface area (Å²) < 4.78 is 22.3. The van der Waals surface area contributed by atoms with E-state index in [4.69, 9.17) is 4.52 Å². The van der Waals surface area contributed by atoms with Crippen LogP contribution in [0.1, 0.15) is 42.6 Å². The van der Waals surface area contributed by atoms with Crippen LogP contribution >= 0.6 is 0 Å². The van der Waals surface area contributed by atoms with Crippen molar-refractivity contribution in [2.45, 2.75) is 46.7 Å². The summed E-state index contributed by atoms with van der Waals surface area (Å²) in [5.74, 6) is 0.131. The van der Waals surface area contributed by atoms with Crippen molar-refractivity contribution in [2.24, 2.45) is 0 Å². The number of halogens is 1. The van der Waals surface area contributed by atoms with Crippen molar-refractivity contribution >= 4 is 33.5 Å². The number of hydrogen-bond donors (Lipinski definition) is 1. The monoisotopic (exact) mass is 488 g/mol. The number of nitrogens with one attached hydrogen (secondary N) is 1. The molecule has 1 N–H and O–H groups in total. The molecule has 5 aromatic rings. The topological polar surface area (TPSA) is 108 Å². The minimum absolute atomic E-state index is 0.0525. The molecular formula is C26H25FN6O3. The minimum Gasteiger partial charge on any atom is -0.337 e. The van der Waals surface area contributed by atoms with Crippen LogP contribution in [-0.4, -0.2) is 30.2 Å². The molecule has 0 atom stereocenters. The molecule has 5 rings (SSSR count). The van der Waals surface area contributed by atoms with Crippen LogP contribution in [0, 0.1) is 19.7 Å². The van der Waals surface area contributed by atoms with E-state index in [2.05, 4.69) is 20.4 Å². The van der Waals surface area contributed by atoms with Crippen molar-refractivity contribution < 1.29 is 13.7 Å². The smallest absolute Gasteiger partial charge is 0.278 e. The highest BCUT2D eigenvalue weighted by atomic mass is 19.1. The Labute approximate surface area is 205 Å². The van der Waals surface area contributed by atoms with Crippen LogP contribution in [0.25, 0.3) is 21.9 Å². The quantitative estimate of drug-likeness (QED) is 0.382. The zero-order valence-corrected chi connectivity index (χ0v) is 20.4. The number of nitrogens with zero attached hydrogens (tertiary/aromatic N) is 5. The van der Waals surface area contributed by atoms with Gasteiger partial charge < -0.3 is 14.4 Å². The van der Waals surface area contributed by atoms with Gasteiger partial charge in [-0.15, -0.1) is 0 Å². The summed E-state index contributed by atoms with van der Waals surface area (Å²) in [7, 11) is 0. The number of rotatable bonds is 6. The summed E-state index contributed by atoms with van der Waals surface area (Å²) >= 11 is 0. The second-order valence-electron chi connectivity index (χ2n) is 9.19. The van der Waals surface area contributed by atoms with Crippen LogP contribution < -0.4 is 10.9 Å². The summed E-state index contributed by atoms with van der Waals surface area (Å²) in [5, 5.41) is 7.43. The molecule has 10 heteroatoms. The average Bonchev–Trinajstić information content (AvgIpc) is 3.41. The van der Waals surface area contributed by atoms with Gasteiger partial charge in [0, 0.05) is 17.0 Å². The standard InChI is InChI=1S/C26H25FN6O3/c1-14(2)25-30-22(36-31-25)12-32-13-28-23-18-9-15(3)5-8-20(18)33(24(23)26(32)35)11-21(34)29-17-7-6-16(4)19(27)10-17/h5-10,13-14H,11-12H2,1-4H3,(H,29,34). The first-order chi connectivity index (χ1) is 17.2. The van der Waals surface area contributed by atoms with Gasteiger partial charge in [-0.1, -0.05) is 36.7 Å². The number of amides is 1. The lowest BCUT2D eigenvalue weighted by Crippen LogP contribution is -2.25. The number of carbonyl (C=O) groups is 1. The maximum atomic E-state index is 14.0. The predicted molar refractivity (Wildman–Crippen MR) is 133 cm³/mol. The van der Waals surface area contributed by atoms with E-state index in [0.717, 1.165) is 10.9 Å². The first kappa shape index (κ1) is 23.4. The largest absolute Gasteiger partial charge is 0.337 e. The van der Waals surface area contributed by atoms with E-state index < -0.39 is 11.7 Å². The highest BCUT2D eigenvalue weighted by molar-refractivity contribution is 6.06. The summed E-state index contributed by atoms with van der Waals surface area (Å²) in [5.41, 5.74) is 2.96. The van der Waals surface area contributed by atoms with Crippen molar-refractivity contribution in [3.63, 3.8) is 0 Å². The zero-order valence-electron chi connectivity index (χ0n) is 20.4. The molecule has 0 aliphatic heterocycles. The molecule has 0 spiro atoms. The van der Waals surface area contributed by atoms with Gasteiger partial charge in [-0.3, -0.25) is 14.2 Å². The minimum atomic E-state index is -0.408. The summed E-state index contributed by atoms with van der Waals surface area (Å²) in [6.07, 6.45) is 1.45. The fourth-order valence-corrected chi connectivity index (χ4v) is 4.12. The molecule has 0 fully saturated rings. The second kappa shape index (κ2) is 9.03. The summed E-state index contributed by atoms with van der Waals surface area (Å²) in [6, 6.07) is 10.2. The number of carbonyl (C=O) groups excluding carboxylic acids is 1. The van der Waals surface area contributed by atoms with E-state index in [0.29, 0.717) is 34.0 Å². The van der Waals surface area contributed by atoms with Gasteiger partial charge in [0.15, 0.2) is 5.82 Å². The molecular weight excluding hydrogens is 463 g/mol. The number of benzene rings is 2. The molecule has 184 valence electrons. The van der Waals surface area contributed by atoms with Crippen molar-refractivity contribution in [1.29, 1.82) is 0 Å². The number of anilines is 1. The van der Waals surface area contributed by atoms with Gasteiger partial charge in [0.05, 0.1) is 11.8 Å². The first-order valence-electron chi connectivity index (χ1n) is 11.6. The number of fused-ring (bicyclic) bond motifs is 3. The van der Waals surface area contributed by atoms with E-state index in [1.54, 1.807) is 23.6 Å². The predicted octanol–water partition coefficient (Wildman–Crippen LogP) is 4.30. The Balaban J connectivity index is 1.57. The average molecular weight is 489 g/mol. The van der Waals surface area contributed by atoms with E-state index in [9.17, 15) is 14.0 Å². The van der Waals surface area contributed by atoms with E-state index in [1.807, 2.05) is 39.0 Å². The summed E-state index contributed by atoms with van der Waals surface area (Å²) in [4.78, 5) is 35.5. The second-order valence-corrected chi connectivity index (χ2v) is 9.19. The molecule has 3 aromatic heterocycles. The molecule has 1 amide bonds. The molecule has 36 heavy (non-hydrogen) atoms.